The SMILES string of the molecule is C[C@@H](NC(=O)C12C[C@@H]3C[C@@H](CC(O)(C3)C1)C2)c1ccc(Cl)cc1Cl. The Morgan fingerprint density at radius 1 is 1.25 bits per heavy atom. The van der Waals surface area contributed by atoms with Crippen LogP contribution < -0.4 is 5.32 Å². The molecular formula is C19H23Cl2NO2. The van der Waals surface area contributed by atoms with Gasteiger partial charge in [-0.2, -0.15) is 0 Å². The molecule has 5 atom stereocenters. The number of halogens is 2. The van der Waals surface area contributed by atoms with Crippen LogP contribution in [0.4, 0.5) is 0 Å². The molecular weight excluding hydrogens is 345 g/mol. The molecule has 5 heteroatoms. The Balaban J connectivity index is 1.54. The van der Waals surface area contributed by atoms with E-state index >= 15 is 0 Å². The third-order valence-electron chi connectivity index (χ3n) is 6.29. The zero-order chi connectivity index (χ0) is 17.1. The van der Waals surface area contributed by atoms with Crippen LogP contribution in [0.3, 0.4) is 0 Å². The van der Waals surface area contributed by atoms with Crippen molar-refractivity contribution in [2.24, 2.45) is 17.3 Å². The fraction of sp³-hybridized carbons (Fsp3) is 0.632. The molecule has 130 valence electrons. The number of benzene rings is 1. The molecule has 1 aromatic carbocycles. The van der Waals surface area contributed by atoms with E-state index in [1.165, 1.54) is 6.42 Å². The number of amides is 1. The van der Waals surface area contributed by atoms with Gasteiger partial charge in [-0.1, -0.05) is 29.3 Å². The van der Waals surface area contributed by atoms with E-state index in [1.807, 2.05) is 13.0 Å². The normalized spacial score (nSPS) is 38.2. The maximum atomic E-state index is 13.1. The molecule has 2 N–H and O–H groups in total. The summed E-state index contributed by atoms with van der Waals surface area (Å²) in [6.45, 7) is 1.95. The number of hydrogen-bond acceptors (Lipinski definition) is 2. The molecule has 0 spiro atoms. The summed E-state index contributed by atoms with van der Waals surface area (Å²) in [6.07, 6.45) is 5.36. The third kappa shape index (κ3) is 2.75. The molecule has 4 aliphatic rings. The molecule has 4 fully saturated rings. The Labute approximate surface area is 152 Å². The first-order valence-corrected chi connectivity index (χ1v) is 9.53. The van der Waals surface area contributed by atoms with Gasteiger partial charge >= 0.3 is 0 Å². The molecule has 0 aromatic heterocycles. The van der Waals surface area contributed by atoms with Crippen LogP contribution in [-0.4, -0.2) is 16.6 Å². The maximum Gasteiger partial charge on any atom is 0.226 e. The molecule has 24 heavy (non-hydrogen) atoms. The second-order valence-corrected chi connectivity index (χ2v) is 9.17. The van der Waals surface area contributed by atoms with Crippen LogP contribution in [0.5, 0.6) is 0 Å². The van der Waals surface area contributed by atoms with Crippen molar-refractivity contribution in [1.29, 1.82) is 0 Å². The fourth-order valence-corrected chi connectivity index (χ4v) is 6.33. The summed E-state index contributed by atoms with van der Waals surface area (Å²) in [5.74, 6) is 1.07. The highest BCUT2D eigenvalue weighted by atomic mass is 35.5. The molecule has 1 amide bonds. The summed E-state index contributed by atoms with van der Waals surface area (Å²) in [5.41, 5.74) is -0.146. The summed E-state index contributed by atoms with van der Waals surface area (Å²) < 4.78 is 0. The standard InChI is InChI=1S/C19H23Cl2NO2/c1-11(15-3-2-14(20)5-16(15)21)22-17(23)18-6-12-4-13(7-18)9-19(24,8-12)10-18/h2-3,5,11-13,24H,4,6-10H2,1H3,(H,22,23)/t11-,12-,13+,18?,19?/m1/s1. The smallest absolute Gasteiger partial charge is 0.226 e. The Bertz CT molecular complexity index is 676. The van der Waals surface area contributed by atoms with Gasteiger partial charge in [0.15, 0.2) is 0 Å². The van der Waals surface area contributed by atoms with Gasteiger partial charge < -0.3 is 10.4 Å². The lowest BCUT2D eigenvalue weighted by atomic mass is 9.47. The van der Waals surface area contributed by atoms with Crippen molar-refractivity contribution < 1.29 is 9.90 Å². The third-order valence-corrected chi connectivity index (χ3v) is 6.85. The number of carbonyl (C=O) groups is 1. The van der Waals surface area contributed by atoms with Gasteiger partial charge in [-0.15, -0.1) is 0 Å². The van der Waals surface area contributed by atoms with Gasteiger partial charge in [0.05, 0.1) is 17.1 Å². The highest BCUT2D eigenvalue weighted by Crippen LogP contribution is 2.61. The summed E-state index contributed by atoms with van der Waals surface area (Å²) in [5, 5.41) is 15.1. The van der Waals surface area contributed by atoms with E-state index in [1.54, 1.807) is 12.1 Å². The lowest BCUT2D eigenvalue weighted by molar-refractivity contribution is -0.178. The molecule has 0 saturated heterocycles. The van der Waals surface area contributed by atoms with Crippen LogP contribution in [0.25, 0.3) is 0 Å². The number of nitrogens with one attached hydrogen (secondary N) is 1. The average molecular weight is 368 g/mol. The number of carbonyl (C=O) groups excluding carboxylic acids is 1. The predicted octanol–water partition coefficient (Wildman–Crippen LogP) is 4.50. The average Bonchev–Trinajstić information content (AvgIpc) is 2.44. The second kappa shape index (κ2) is 5.62. The Morgan fingerprint density at radius 3 is 2.50 bits per heavy atom. The molecule has 0 heterocycles. The highest BCUT2D eigenvalue weighted by molar-refractivity contribution is 6.35. The molecule has 4 aliphatic carbocycles. The first kappa shape index (κ1) is 16.7. The topological polar surface area (TPSA) is 49.3 Å². The van der Waals surface area contributed by atoms with Crippen LogP contribution in [0, 0.1) is 17.3 Å². The molecule has 3 nitrogen and oxygen atoms in total. The molecule has 4 saturated carbocycles. The van der Waals surface area contributed by atoms with Gasteiger partial charge in [-0.25, -0.2) is 0 Å². The Morgan fingerprint density at radius 2 is 1.92 bits per heavy atom. The van der Waals surface area contributed by atoms with Gasteiger partial charge in [0.1, 0.15) is 0 Å². The van der Waals surface area contributed by atoms with E-state index in [0.717, 1.165) is 31.2 Å². The van der Waals surface area contributed by atoms with Gasteiger partial charge in [0.25, 0.3) is 0 Å². The van der Waals surface area contributed by atoms with Crippen molar-refractivity contribution in [3.8, 4) is 0 Å². The van der Waals surface area contributed by atoms with Gasteiger partial charge in [0.2, 0.25) is 5.91 Å². The van der Waals surface area contributed by atoms with E-state index in [2.05, 4.69) is 5.32 Å². The monoisotopic (exact) mass is 367 g/mol. The lowest BCUT2D eigenvalue weighted by Crippen LogP contribution is -2.60. The maximum absolute atomic E-state index is 13.1. The highest BCUT2D eigenvalue weighted by Gasteiger charge is 2.60. The van der Waals surface area contributed by atoms with Crippen molar-refractivity contribution in [2.75, 3.05) is 0 Å². The minimum Gasteiger partial charge on any atom is -0.390 e. The zero-order valence-corrected chi connectivity index (χ0v) is 15.3. The van der Waals surface area contributed by atoms with E-state index in [0.29, 0.717) is 28.3 Å². The molecule has 1 aromatic rings. The minimum atomic E-state index is -0.622. The van der Waals surface area contributed by atoms with E-state index in [4.69, 9.17) is 23.2 Å². The van der Waals surface area contributed by atoms with Crippen LogP contribution in [0.2, 0.25) is 10.0 Å². The first-order valence-electron chi connectivity index (χ1n) is 8.77. The van der Waals surface area contributed by atoms with Crippen molar-refractivity contribution in [3.05, 3.63) is 33.8 Å². The first-order chi connectivity index (χ1) is 11.3. The van der Waals surface area contributed by atoms with E-state index < -0.39 is 11.0 Å². The van der Waals surface area contributed by atoms with Crippen molar-refractivity contribution in [3.63, 3.8) is 0 Å². The number of aliphatic hydroxyl groups is 1. The number of hydrogen-bond donors (Lipinski definition) is 2. The number of rotatable bonds is 3. The lowest BCUT2D eigenvalue weighted by Gasteiger charge is -2.59. The van der Waals surface area contributed by atoms with Crippen molar-refractivity contribution in [2.45, 2.75) is 57.1 Å². The summed E-state index contributed by atoms with van der Waals surface area (Å²) >= 11 is 12.2. The molecule has 5 rings (SSSR count). The summed E-state index contributed by atoms with van der Waals surface area (Å²) in [6, 6.07) is 5.18. The predicted molar refractivity (Wildman–Crippen MR) is 95.1 cm³/mol. The van der Waals surface area contributed by atoms with Crippen LogP contribution in [-0.2, 0) is 4.79 Å². The van der Waals surface area contributed by atoms with Crippen LogP contribution >= 0.6 is 23.2 Å². The van der Waals surface area contributed by atoms with Crippen molar-refractivity contribution in [1.82, 2.24) is 5.32 Å². The molecule has 0 radical (unpaired) electrons. The largest absolute Gasteiger partial charge is 0.390 e. The quantitative estimate of drug-likeness (QED) is 0.825. The van der Waals surface area contributed by atoms with E-state index in [-0.39, 0.29) is 11.9 Å². The van der Waals surface area contributed by atoms with Gasteiger partial charge in [-0.05, 0) is 75.0 Å². The van der Waals surface area contributed by atoms with Gasteiger partial charge in [-0.3, -0.25) is 4.79 Å². The van der Waals surface area contributed by atoms with Crippen molar-refractivity contribution >= 4 is 29.1 Å². The fourth-order valence-electron chi connectivity index (χ4n) is 5.76. The van der Waals surface area contributed by atoms with Crippen LogP contribution in [0.15, 0.2) is 18.2 Å². The van der Waals surface area contributed by atoms with Gasteiger partial charge in [0, 0.05) is 10.0 Å². The Kier molecular flexibility index (Phi) is 3.91. The minimum absolute atomic E-state index is 0.0774. The van der Waals surface area contributed by atoms with Crippen LogP contribution in [0.1, 0.15) is 57.1 Å². The molecule has 2 unspecified atom stereocenters. The molecule has 4 bridgehead atoms. The molecule has 0 aliphatic heterocycles. The summed E-state index contributed by atoms with van der Waals surface area (Å²) in [4.78, 5) is 13.1. The van der Waals surface area contributed by atoms with E-state index in [9.17, 15) is 9.90 Å². The Hall–Kier alpha value is -0.770. The second-order valence-electron chi connectivity index (χ2n) is 8.33. The zero-order valence-electron chi connectivity index (χ0n) is 13.8. The summed E-state index contributed by atoms with van der Waals surface area (Å²) in [7, 11) is 0.